The molecule has 0 unspecified atom stereocenters. The van der Waals surface area contributed by atoms with Gasteiger partial charge in [0.05, 0.1) is 5.41 Å². The van der Waals surface area contributed by atoms with Crippen LogP contribution in [0.15, 0.2) is 24.3 Å². The second kappa shape index (κ2) is 7.25. The molecule has 1 rings (SSSR count). The van der Waals surface area contributed by atoms with Gasteiger partial charge in [-0.05, 0) is 37.0 Å². The Hall–Kier alpha value is -1.84. The fourth-order valence-electron chi connectivity index (χ4n) is 2.39. The summed E-state index contributed by atoms with van der Waals surface area (Å²) in [6.45, 7) is 5.72. The van der Waals surface area contributed by atoms with Gasteiger partial charge in [-0.2, -0.15) is 0 Å². The standard InChI is InChI=1S/C17H25NO3/c1-5-13-8-10-14(11-9-13)18(4)15(19)12-17(6-2,7-3)16(20)21/h8-11H,5-7,12H2,1-4H3,(H,20,21). The van der Waals surface area contributed by atoms with Crippen molar-refractivity contribution in [3.63, 3.8) is 0 Å². The summed E-state index contributed by atoms with van der Waals surface area (Å²) >= 11 is 0. The van der Waals surface area contributed by atoms with E-state index in [1.54, 1.807) is 11.9 Å². The van der Waals surface area contributed by atoms with E-state index in [1.165, 1.54) is 5.56 Å². The van der Waals surface area contributed by atoms with Crippen molar-refractivity contribution in [3.8, 4) is 0 Å². The van der Waals surface area contributed by atoms with Gasteiger partial charge in [-0.15, -0.1) is 0 Å². The first kappa shape index (κ1) is 17.2. The zero-order valence-electron chi connectivity index (χ0n) is 13.3. The highest BCUT2D eigenvalue weighted by atomic mass is 16.4. The lowest BCUT2D eigenvalue weighted by atomic mass is 9.79. The number of rotatable bonds is 7. The lowest BCUT2D eigenvalue weighted by Gasteiger charge is -2.28. The molecule has 0 radical (unpaired) electrons. The maximum Gasteiger partial charge on any atom is 0.310 e. The molecule has 0 saturated carbocycles. The Bertz CT molecular complexity index is 489. The topological polar surface area (TPSA) is 57.6 Å². The largest absolute Gasteiger partial charge is 0.481 e. The van der Waals surface area contributed by atoms with E-state index in [4.69, 9.17) is 0 Å². The van der Waals surface area contributed by atoms with E-state index in [-0.39, 0.29) is 12.3 Å². The van der Waals surface area contributed by atoms with Crippen LogP contribution < -0.4 is 4.90 Å². The van der Waals surface area contributed by atoms with E-state index >= 15 is 0 Å². The van der Waals surface area contributed by atoms with Gasteiger partial charge < -0.3 is 10.0 Å². The van der Waals surface area contributed by atoms with Crippen molar-refractivity contribution in [2.45, 2.75) is 46.5 Å². The first-order valence-electron chi connectivity index (χ1n) is 7.49. The number of aryl methyl sites for hydroxylation is 1. The number of benzene rings is 1. The van der Waals surface area contributed by atoms with Crippen LogP contribution in [0.25, 0.3) is 0 Å². The van der Waals surface area contributed by atoms with Crippen LogP contribution in [0, 0.1) is 5.41 Å². The second-order valence-electron chi connectivity index (χ2n) is 5.44. The predicted octanol–water partition coefficient (Wildman–Crippen LogP) is 3.49. The van der Waals surface area contributed by atoms with E-state index in [0.717, 1.165) is 12.1 Å². The molecule has 0 spiro atoms. The Balaban J connectivity index is 2.88. The third-order valence-corrected chi connectivity index (χ3v) is 4.40. The minimum Gasteiger partial charge on any atom is -0.481 e. The number of carbonyl (C=O) groups is 2. The smallest absolute Gasteiger partial charge is 0.310 e. The van der Waals surface area contributed by atoms with E-state index in [2.05, 4.69) is 6.92 Å². The molecule has 0 fully saturated rings. The summed E-state index contributed by atoms with van der Waals surface area (Å²) in [5.41, 5.74) is 1.04. The quantitative estimate of drug-likeness (QED) is 0.836. The highest BCUT2D eigenvalue weighted by Crippen LogP contribution is 2.32. The van der Waals surface area contributed by atoms with Crippen LogP contribution in [0.3, 0.4) is 0 Å². The van der Waals surface area contributed by atoms with Gasteiger partial charge in [0.25, 0.3) is 0 Å². The second-order valence-corrected chi connectivity index (χ2v) is 5.44. The third-order valence-electron chi connectivity index (χ3n) is 4.40. The molecule has 1 N–H and O–H groups in total. The summed E-state index contributed by atoms with van der Waals surface area (Å²) in [5, 5.41) is 9.42. The number of hydrogen-bond donors (Lipinski definition) is 1. The number of nitrogens with zero attached hydrogens (tertiary/aromatic N) is 1. The Morgan fingerprint density at radius 3 is 2.00 bits per heavy atom. The molecule has 0 saturated heterocycles. The third kappa shape index (κ3) is 3.84. The Morgan fingerprint density at radius 2 is 1.62 bits per heavy atom. The summed E-state index contributed by atoms with van der Waals surface area (Å²) < 4.78 is 0. The molecule has 0 aromatic heterocycles. The zero-order chi connectivity index (χ0) is 16.0. The van der Waals surface area contributed by atoms with Gasteiger partial charge in [0.15, 0.2) is 0 Å². The minimum atomic E-state index is -0.964. The number of aliphatic carboxylic acids is 1. The summed E-state index contributed by atoms with van der Waals surface area (Å²) in [6, 6.07) is 7.78. The van der Waals surface area contributed by atoms with Crippen molar-refractivity contribution in [1.29, 1.82) is 0 Å². The van der Waals surface area contributed by atoms with Gasteiger partial charge >= 0.3 is 5.97 Å². The first-order valence-corrected chi connectivity index (χ1v) is 7.49. The normalized spacial score (nSPS) is 11.2. The molecular formula is C17H25NO3. The lowest BCUT2D eigenvalue weighted by molar-refractivity contribution is -0.152. The van der Waals surface area contributed by atoms with E-state index in [1.807, 2.05) is 38.1 Å². The summed E-state index contributed by atoms with van der Waals surface area (Å²) in [6.07, 6.45) is 1.88. The van der Waals surface area contributed by atoms with Crippen molar-refractivity contribution < 1.29 is 14.7 Å². The number of amides is 1. The first-order chi connectivity index (χ1) is 9.90. The molecule has 4 heteroatoms. The van der Waals surface area contributed by atoms with Crippen molar-refractivity contribution in [2.24, 2.45) is 5.41 Å². The van der Waals surface area contributed by atoms with Gasteiger partial charge in [-0.3, -0.25) is 9.59 Å². The van der Waals surface area contributed by atoms with Crippen molar-refractivity contribution >= 4 is 17.6 Å². The average molecular weight is 291 g/mol. The van der Waals surface area contributed by atoms with Crippen LogP contribution in [0.2, 0.25) is 0 Å². The fraction of sp³-hybridized carbons (Fsp3) is 0.529. The molecule has 1 aromatic rings. The molecule has 1 aromatic carbocycles. The highest BCUT2D eigenvalue weighted by Gasteiger charge is 2.38. The van der Waals surface area contributed by atoms with Crippen LogP contribution >= 0.6 is 0 Å². The summed E-state index contributed by atoms with van der Waals surface area (Å²) in [5.74, 6) is -1.05. The molecule has 0 aliphatic rings. The van der Waals surface area contributed by atoms with E-state index < -0.39 is 11.4 Å². The molecule has 0 atom stereocenters. The molecule has 0 heterocycles. The van der Waals surface area contributed by atoms with Crippen LogP contribution in [0.4, 0.5) is 5.69 Å². The summed E-state index contributed by atoms with van der Waals surface area (Å²) in [4.78, 5) is 25.4. The molecule has 0 bridgehead atoms. The van der Waals surface area contributed by atoms with Crippen molar-refractivity contribution in [3.05, 3.63) is 29.8 Å². The van der Waals surface area contributed by atoms with Crippen LogP contribution in [-0.4, -0.2) is 24.0 Å². The van der Waals surface area contributed by atoms with Crippen LogP contribution in [-0.2, 0) is 16.0 Å². The number of carboxylic acids is 1. The molecule has 116 valence electrons. The molecule has 0 aliphatic carbocycles. The van der Waals surface area contributed by atoms with Crippen molar-refractivity contribution in [2.75, 3.05) is 11.9 Å². The fourth-order valence-corrected chi connectivity index (χ4v) is 2.39. The molecule has 21 heavy (non-hydrogen) atoms. The molecule has 0 aliphatic heterocycles. The molecule has 1 amide bonds. The number of carboxylic acid groups (broad SMARTS) is 1. The number of hydrogen-bond acceptors (Lipinski definition) is 2. The maximum atomic E-state index is 12.4. The Morgan fingerprint density at radius 1 is 1.10 bits per heavy atom. The molecule has 4 nitrogen and oxygen atoms in total. The van der Waals surface area contributed by atoms with Crippen LogP contribution in [0.1, 0.15) is 45.6 Å². The SMILES string of the molecule is CCc1ccc(N(C)C(=O)CC(CC)(CC)C(=O)O)cc1. The Labute approximate surface area is 126 Å². The van der Waals surface area contributed by atoms with Crippen LogP contribution in [0.5, 0.6) is 0 Å². The van der Waals surface area contributed by atoms with Crippen molar-refractivity contribution in [1.82, 2.24) is 0 Å². The summed E-state index contributed by atoms with van der Waals surface area (Å²) in [7, 11) is 1.70. The highest BCUT2D eigenvalue weighted by molar-refractivity contribution is 5.95. The predicted molar refractivity (Wildman–Crippen MR) is 84.5 cm³/mol. The monoisotopic (exact) mass is 291 g/mol. The van der Waals surface area contributed by atoms with Gasteiger partial charge in [0.2, 0.25) is 5.91 Å². The average Bonchev–Trinajstić information content (AvgIpc) is 2.51. The van der Waals surface area contributed by atoms with E-state index in [9.17, 15) is 14.7 Å². The zero-order valence-corrected chi connectivity index (χ0v) is 13.3. The van der Waals surface area contributed by atoms with Gasteiger partial charge in [-0.25, -0.2) is 0 Å². The van der Waals surface area contributed by atoms with Gasteiger partial charge in [0.1, 0.15) is 0 Å². The maximum absolute atomic E-state index is 12.4. The number of anilines is 1. The molecular weight excluding hydrogens is 266 g/mol. The Kier molecular flexibility index (Phi) is 5.94. The van der Waals surface area contributed by atoms with Gasteiger partial charge in [0, 0.05) is 19.2 Å². The number of carbonyl (C=O) groups excluding carboxylic acids is 1. The van der Waals surface area contributed by atoms with E-state index in [0.29, 0.717) is 12.8 Å². The lowest BCUT2D eigenvalue weighted by Crippen LogP contribution is -2.37. The minimum absolute atomic E-state index is 0.0291. The van der Waals surface area contributed by atoms with Gasteiger partial charge in [-0.1, -0.05) is 32.9 Å².